The van der Waals surface area contributed by atoms with E-state index < -0.39 is 18.1 Å². The Balaban J connectivity index is 0.000000406. The fourth-order valence-electron chi connectivity index (χ4n) is 2.97. The maximum absolute atomic E-state index is 13.8. The van der Waals surface area contributed by atoms with Crippen molar-refractivity contribution in [3.05, 3.63) is 71.5 Å². The first-order chi connectivity index (χ1) is 16.0. The van der Waals surface area contributed by atoms with Gasteiger partial charge in [-0.25, -0.2) is 14.8 Å². The second-order valence-electron chi connectivity index (χ2n) is 7.24. The van der Waals surface area contributed by atoms with Gasteiger partial charge in [0.15, 0.2) is 0 Å². The van der Waals surface area contributed by atoms with E-state index in [2.05, 4.69) is 25.9 Å². The maximum Gasteiger partial charge on any atom is 0.490 e. The van der Waals surface area contributed by atoms with E-state index in [0.29, 0.717) is 10.0 Å². The number of halogens is 5. The molecular weight excluding hydrogens is 522 g/mol. The van der Waals surface area contributed by atoms with E-state index in [-0.39, 0.29) is 6.10 Å². The number of hydrogen-bond donors (Lipinski definition) is 1. The highest BCUT2D eigenvalue weighted by Gasteiger charge is 2.38. The van der Waals surface area contributed by atoms with Crippen LogP contribution in [0.4, 0.5) is 17.6 Å². The molecule has 0 saturated carbocycles. The van der Waals surface area contributed by atoms with Crippen molar-refractivity contribution >= 4 is 27.5 Å². The molecule has 6 nitrogen and oxygen atoms in total. The van der Waals surface area contributed by atoms with Gasteiger partial charge in [-0.3, -0.25) is 4.40 Å². The van der Waals surface area contributed by atoms with Crippen molar-refractivity contribution in [2.24, 2.45) is 0 Å². The number of hydrogen-bond acceptors (Lipinski definition) is 4. The number of benzene rings is 1. The number of aliphatic carboxylic acids is 1. The average Bonchev–Trinajstić information content (AvgIpc) is 3.18. The summed E-state index contributed by atoms with van der Waals surface area (Å²) in [6, 6.07) is 13.8. The van der Waals surface area contributed by atoms with Gasteiger partial charge in [0.2, 0.25) is 5.95 Å². The monoisotopic (exact) mass is 539 g/mol. The predicted octanol–water partition coefficient (Wildman–Crippen LogP) is 6.39. The summed E-state index contributed by atoms with van der Waals surface area (Å²) in [5.74, 6) is -2.45. The Morgan fingerprint density at radius 3 is 2.32 bits per heavy atom. The molecule has 0 atom stereocenters. The van der Waals surface area contributed by atoms with Crippen molar-refractivity contribution in [1.82, 2.24) is 14.4 Å². The second kappa shape index (κ2) is 10.2. The number of fused-ring (bicyclic) bond motifs is 1. The number of imidazole rings is 1. The van der Waals surface area contributed by atoms with E-state index in [4.69, 9.17) is 14.6 Å². The van der Waals surface area contributed by atoms with E-state index in [1.165, 1.54) is 6.20 Å². The largest absolute Gasteiger partial charge is 0.491 e. The van der Waals surface area contributed by atoms with Gasteiger partial charge in [-0.15, -0.1) is 0 Å². The van der Waals surface area contributed by atoms with Crippen molar-refractivity contribution in [3.63, 3.8) is 0 Å². The quantitative estimate of drug-likeness (QED) is 0.240. The number of ether oxygens (including phenoxy) is 1. The Morgan fingerprint density at radius 2 is 1.74 bits per heavy atom. The number of pyridine rings is 2. The number of carbonyl (C=O) groups is 1. The number of nitrogens with zero attached hydrogens (tertiary/aromatic N) is 3. The lowest BCUT2D eigenvalue weighted by molar-refractivity contribution is -0.192. The number of alkyl halides is 3. The number of aromatic nitrogens is 3. The van der Waals surface area contributed by atoms with Crippen molar-refractivity contribution < 1.29 is 32.2 Å². The molecule has 0 amide bonds. The van der Waals surface area contributed by atoms with Crippen LogP contribution in [0.15, 0.2) is 65.5 Å². The Kier molecular flexibility index (Phi) is 7.55. The van der Waals surface area contributed by atoms with Crippen LogP contribution < -0.4 is 4.74 Å². The fourth-order valence-corrected chi connectivity index (χ4v) is 3.41. The summed E-state index contributed by atoms with van der Waals surface area (Å²) < 4.78 is 53.5. The predicted molar refractivity (Wildman–Crippen MR) is 121 cm³/mol. The zero-order valence-corrected chi connectivity index (χ0v) is 19.4. The highest BCUT2D eigenvalue weighted by Crippen LogP contribution is 2.31. The highest BCUT2D eigenvalue weighted by molar-refractivity contribution is 9.10. The van der Waals surface area contributed by atoms with Crippen LogP contribution in [0.3, 0.4) is 0 Å². The molecule has 0 aliphatic carbocycles. The zero-order valence-electron chi connectivity index (χ0n) is 17.8. The van der Waals surface area contributed by atoms with E-state index in [1.54, 1.807) is 12.3 Å². The Morgan fingerprint density at radius 1 is 1.09 bits per heavy atom. The van der Waals surface area contributed by atoms with Crippen molar-refractivity contribution in [2.75, 3.05) is 0 Å². The van der Waals surface area contributed by atoms with E-state index in [9.17, 15) is 17.6 Å². The van der Waals surface area contributed by atoms with Crippen LogP contribution in [0.5, 0.6) is 5.75 Å². The molecule has 1 aromatic carbocycles. The van der Waals surface area contributed by atoms with Crippen LogP contribution >= 0.6 is 15.9 Å². The molecule has 0 aliphatic rings. The average molecular weight is 540 g/mol. The normalized spacial score (nSPS) is 11.3. The summed E-state index contributed by atoms with van der Waals surface area (Å²) in [6.45, 7) is 4.01. The topological polar surface area (TPSA) is 76.7 Å². The van der Waals surface area contributed by atoms with Crippen molar-refractivity contribution in [2.45, 2.75) is 26.1 Å². The van der Waals surface area contributed by atoms with Gasteiger partial charge < -0.3 is 9.84 Å². The number of carboxylic acids is 1. The third-order valence-electron chi connectivity index (χ3n) is 4.44. The van der Waals surface area contributed by atoms with Crippen molar-refractivity contribution in [1.29, 1.82) is 0 Å². The number of carboxylic acid groups (broad SMARTS) is 1. The summed E-state index contributed by atoms with van der Waals surface area (Å²) in [5, 5.41) is 7.12. The molecule has 0 saturated heterocycles. The summed E-state index contributed by atoms with van der Waals surface area (Å²) in [6.07, 6.45) is 0.186. The Bertz CT molecular complexity index is 1310. The van der Waals surface area contributed by atoms with Crippen LogP contribution in [-0.2, 0) is 4.79 Å². The van der Waals surface area contributed by atoms with Crippen LogP contribution in [0.2, 0.25) is 0 Å². The minimum Gasteiger partial charge on any atom is -0.491 e. The van der Waals surface area contributed by atoms with Crippen molar-refractivity contribution in [3.8, 4) is 28.1 Å². The molecule has 178 valence electrons. The number of rotatable bonds is 4. The minimum absolute atomic E-state index is 0.146. The third kappa shape index (κ3) is 5.90. The van der Waals surface area contributed by atoms with Gasteiger partial charge in [0.1, 0.15) is 11.4 Å². The molecule has 4 aromatic rings. The lowest BCUT2D eigenvalue weighted by Gasteiger charge is -2.10. The molecule has 0 fully saturated rings. The smallest absolute Gasteiger partial charge is 0.490 e. The van der Waals surface area contributed by atoms with Gasteiger partial charge in [0.25, 0.3) is 0 Å². The standard InChI is InChI=1S/C21H17BrFN3O.C2HF3O2/c1-13(2)27-16-5-3-14(4-6-16)15-8-10-26-18(12-25-19(26)11-15)17-7-9-24-21(23)20(17)22;3-2(4,5)1(6)7/h3-13H,1-2H3;(H,6,7). The van der Waals surface area contributed by atoms with Gasteiger partial charge in [-0.1, -0.05) is 12.1 Å². The molecular formula is C23H18BrF4N3O3. The van der Waals surface area contributed by atoms with E-state index >= 15 is 0 Å². The highest BCUT2D eigenvalue weighted by atomic mass is 79.9. The molecule has 0 unspecified atom stereocenters. The molecule has 0 aliphatic heterocycles. The summed E-state index contributed by atoms with van der Waals surface area (Å²) in [5.41, 5.74) is 4.42. The first-order valence-electron chi connectivity index (χ1n) is 9.82. The first kappa shape index (κ1) is 25.2. The fraction of sp³-hybridized carbons (Fsp3) is 0.174. The molecule has 1 N–H and O–H groups in total. The van der Waals surface area contributed by atoms with Crippen LogP contribution in [-0.4, -0.2) is 37.7 Å². The maximum atomic E-state index is 13.8. The Hall–Kier alpha value is -3.47. The summed E-state index contributed by atoms with van der Waals surface area (Å²) in [7, 11) is 0. The molecule has 3 aromatic heterocycles. The Labute approximate surface area is 200 Å². The summed E-state index contributed by atoms with van der Waals surface area (Å²) >= 11 is 3.27. The first-order valence-corrected chi connectivity index (χ1v) is 10.6. The molecule has 0 spiro atoms. The van der Waals surface area contributed by atoms with Gasteiger partial charge in [0, 0.05) is 18.0 Å². The molecule has 34 heavy (non-hydrogen) atoms. The lowest BCUT2D eigenvalue weighted by Crippen LogP contribution is -2.21. The van der Waals surface area contributed by atoms with Crippen LogP contribution in [0, 0.1) is 5.95 Å². The van der Waals surface area contributed by atoms with E-state index in [1.807, 2.05) is 60.8 Å². The van der Waals surface area contributed by atoms with Crippen LogP contribution in [0.1, 0.15) is 13.8 Å². The molecule has 0 bridgehead atoms. The van der Waals surface area contributed by atoms with Gasteiger partial charge in [0.05, 0.1) is 22.5 Å². The van der Waals surface area contributed by atoms with Gasteiger partial charge in [-0.2, -0.15) is 17.6 Å². The SMILES string of the molecule is CC(C)Oc1ccc(-c2ccn3c(-c4ccnc(F)c4Br)cnc3c2)cc1.O=C(O)C(F)(F)F. The second-order valence-corrected chi connectivity index (χ2v) is 8.04. The third-order valence-corrected chi connectivity index (χ3v) is 5.19. The summed E-state index contributed by atoms with van der Waals surface area (Å²) in [4.78, 5) is 17.0. The van der Waals surface area contributed by atoms with Gasteiger partial charge >= 0.3 is 12.1 Å². The molecule has 11 heteroatoms. The minimum atomic E-state index is -5.08. The van der Waals surface area contributed by atoms with E-state index in [0.717, 1.165) is 28.2 Å². The lowest BCUT2D eigenvalue weighted by atomic mass is 10.1. The molecule has 4 rings (SSSR count). The van der Waals surface area contributed by atoms with Gasteiger partial charge in [-0.05, 0) is 71.2 Å². The molecule has 0 radical (unpaired) electrons. The molecule has 3 heterocycles. The van der Waals surface area contributed by atoms with Crippen LogP contribution in [0.25, 0.3) is 28.0 Å². The zero-order chi connectivity index (χ0) is 25.0.